The number of aliphatic hydroxyl groups is 1. The molecule has 1 heterocycles. The van der Waals surface area contributed by atoms with Crippen LogP contribution in [0.25, 0.3) is 0 Å². The Morgan fingerprint density at radius 1 is 0.953 bits per heavy atom. The number of hydrogen-bond acceptors (Lipinski definition) is 6. The molecule has 222 valence electrons. The Bertz CT molecular complexity index is 1460. The van der Waals surface area contributed by atoms with Crippen LogP contribution in [0.15, 0.2) is 119 Å². The van der Waals surface area contributed by atoms with Crippen LogP contribution in [0.3, 0.4) is 0 Å². The summed E-state index contributed by atoms with van der Waals surface area (Å²) in [7, 11) is 0. The molecule has 3 N–H and O–H groups in total. The van der Waals surface area contributed by atoms with Gasteiger partial charge in [0.05, 0.1) is 6.61 Å². The number of carbonyl (C=O) groups is 1. The predicted octanol–water partition coefficient (Wildman–Crippen LogP) is 5.81. The first-order valence-corrected chi connectivity index (χ1v) is 15.3. The van der Waals surface area contributed by atoms with Gasteiger partial charge in [-0.15, -0.1) is 0 Å². The minimum atomic E-state index is -1.19. The van der Waals surface area contributed by atoms with E-state index < -0.39 is 11.6 Å². The first-order valence-electron chi connectivity index (χ1n) is 14.5. The number of ether oxygens (including phenoxy) is 2. The van der Waals surface area contributed by atoms with Crippen LogP contribution in [0.1, 0.15) is 41.5 Å². The molecule has 0 saturated heterocycles. The van der Waals surface area contributed by atoms with E-state index in [0.717, 1.165) is 26.7 Å². The Morgan fingerprint density at radius 3 is 2.19 bits per heavy atom. The average Bonchev–Trinajstić information content (AvgIpc) is 3.38. The number of benzene rings is 4. The van der Waals surface area contributed by atoms with E-state index in [2.05, 4.69) is 51.0 Å². The van der Waals surface area contributed by atoms with Gasteiger partial charge in [-0.05, 0) is 60.0 Å². The number of aliphatic imine (C=N–C) groups is 1. The van der Waals surface area contributed by atoms with E-state index in [1.807, 2.05) is 91.9 Å². The molecule has 43 heavy (non-hydrogen) atoms. The van der Waals surface area contributed by atoms with Gasteiger partial charge in [0.2, 0.25) is 5.90 Å². The van der Waals surface area contributed by atoms with E-state index in [0.29, 0.717) is 37.6 Å². The largest absolute Gasteiger partial charge is 0.494 e. The van der Waals surface area contributed by atoms with Crippen LogP contribution < -0.4 is 15.6 Å². The molecular weight excluding hydrogens is 606 g/mol. The van der Waals surface area contributed by atoms with Gasteiger partial charge in [-0.25, -0.2) is 10.4 Å². The standard InChI is InChI=1S/C35H36BrN3O4/c1-25-35(23-26-13-17-30(36)18-14-26,38-33(43-25)29-15-19-31(20-16-29)42-22-8-21-40)34(41)39-37-24-32(27-9-4-2-5-10-27)28-11-6-3-7-12-28/h2-7,9-20,25,32,37,40H,8,21-24H2,1H3,(H,39,41)/t25-,35-/m0/s1. The molecule has 0 aliphatic carbocycles. The molecule has 0 radical (unpaired) electrons. The van der Waals surface area contributed by atoms with Gasteiger partial charge in [-0.3, -0.25) is 10.2 Å². The molecular formula is C35H36BrN3O4. The van der Waals surface area contributed by atoms with Crippen molar-refractivity contribution in [1.82, 2.24) is 10.9 Å². The maximum atomic E-state index is 14.1. The van der Waals surface area contributed by atoms with E-state index in [1.54, 1.807) is 0 Å². The Kier molecular flexibility index (Phi) is 10.3. The normalized spacial score (nSPS) is 17.8. The summed E-state index contributed by atoms with van der Waals surface area (Å²) in [4.78, 5) is 19.0. The Morgan fingerprint density at radius 2 is 1.58 bits per heavy atom. The first kappa shape index (κ1) is 30.5. The van der Waals surface area contributed by atoms with Gasteiger partial charge in [0, 0.05) is 41.9 Å². The highest BCUT2D eigenvalue weighted by molar-refractivity contribution is 9.10. The summed E-state index contributed by atoms with van der Waals surface area (Å²) in [5.41, 5.74) is 9.04. The van der Waals surface area contributed by atoms with E-state index in [4.69, 9.17) is 19.6 Å². The second-order valence-corrected chi connectivity index (χ2v) is 11.5. The van der Waals surface area contributed by atoms with E-state index in [1.165, 1.54) is 0 Å². The van der Waals surface area contributed by atoms with Crippen molar-refractivity contribution in [3.05, 3.63) is 136 Å². The molecule has 8 heteroatoms. The van der Waals surface area contributed by atoms with Crippen LogP contribution in [-0.2, 0) is 16.0 Å². The number of nitrogens with one attached hydrogen (secondary N) is 2. The quantitative estimate of drug-likeness (QED) is 0.127. The Labute approximate surface area is 261 Å². The summed E-state index contributed by atoms with van der Waals surface area (Å²) in [6.07, 6.45) is 0.406. The lowest BCUT2D eigenvalue weighted by Crippen LogP contribution is -2.56. The minimum Gasteiger partial charge on any atom is -0.494 e. The Hall–Kier alpha value is -3.98. The van der Waals surface area contributed by atoms with E-state index in [-0.39, 0.29) is 18.4 Å². The SMILES string of the molecule is C[C@@H]1OC(c2ccc(OCCCO)cc2)=N[C@]1(Cc1ccc(Br)cc1)C(=O)NNCC(c1ccccc1)c1ccccc1. The van der Waals surface area contributed by atoms with Crippen molar-refractivity contribution < 1.29 is 19.4 Å². The molecule has 5 rings (SSSR count). The molecule has 0 bridgehead atoms. The van der Waals surface area contributed by atoms with Gasteiger partial charge >= 0.3 is 0 Å². The number of halogens is 1. The maximum Gasteiger partial charge on any atom is 0.266 e. The fraction of sp³-hybridized carbons (Fsp3) is 0.257. The lowest BCUT2D eigenvalue weighted by molar-refractivity contribution is -0.129. The fourth-order valence-corrected chi connectivity index (χ4v) is 5.46. The number of amides is 1. The number of rotatable bonds is 13. The molecule has 2 atom stereocenters. The van der Waals surface area contributed by atoms with Crippen LogP contribution in [0.4, 0.5) is 0 Å². The molecule has 4 aromatic rings. The monoisotopic (exact) mass is 641 g/mol. The van der Waals surface area contributed by atoms with Gasteiger partial charge in [0.25, 0.3) is 5.91 Å². The third kappa shape index (κ3) is 7.51. The third-order valence-corrected chi connectivity index (χ3v) is 8.16. The second kappa shape index (κ2) is 14.5. The Balaban J connectivity index is 1.37. The zero-order valence-corrected chi connectivity index (χ0v) is 25.7. The van der Waals surface area contributed by atoms with Crippen LogP contribution in [-0.4, -0.2) is 48.3 Å². The van der Waals surface area contributed by atoms with Crippen LogP contribution in [0.5, 0.6) is 5.75 Å². The lowest BCUT2D eigenvalue weighted by atomic mass is 9.86. The molecule has 4 aromatic carbocycles. The zero-order valence-electron chi connectivity index (χ0n) is 24.1. The van der Waals surface area contributed by atoms with Crippen molar-refractivity contribution in [2.45, 2.75) is 37.3 Å². The topological polar surface area (TPSA) is 92.2 Å². The summed E-state index contributed by atoms with van der Waals surface area (Å²) in [6, 6.07) is 35.8. The number of carbonyl (C=O) groups excluding carboxylic acids is 1. The molecule has 1 aliphatic rings. The van der Waals surface area contributed by atoms with Gasteiger partial charge in [0.15, 0.2) is 5.54 Å². The summed E-state index contributed by atoms with van der Waals surface area (Å²) < 4.78 is 12.9. The number of nitrogens with zero attached hydrogens (tertiary/aromatic N) is 1. The summed E-state index contributed by atoms with van der Waals surface area (Å²) >= 11 is 3.50. The van der Waals surface area contributed by atoms with Crippen LogP contribution in [0.2, 0.25) is 0 Å². The van der Waals surface area contributed by atoms with Gasteiger partial charge in [0.1, 0.15) is 11.9 Å². The molecule has 0 aromatic heterocycles. The number of hydrogen-bond donors (Lipinski definition) is 3. The highest BCUT2D eigenvalue weighted by atomic mass is 79.9. The maximum absolute atomic E-state index is 14.1. The minimum absolute atomic E-state index is 0.0412. The van der Waals surface area contributed by atoms with Gasteiger partial charge in [-0.2, -0.15) is 0 Å². The van der Waals surface area contributed by atoms with Gasteiger partial charge < -0.3 is 14.6 Å². The number of aliphatic hydroxyl groups excluding tert-OH is 1. The lowest BCUT2D eigenvalue weighted by Gasteiger charge is -2.29. The van der Waals surface area contributed by atoms with Gasteiger partial charge in [-0.1, -0.05) is 88.7 Å². The first-order chi connectivity index (χ1) is 21.0. The van der Waals surface area contributed by atoms with E-state index >= 15 is 0 Å². The highest BCUT2D eigenvalue weighted by Gasteiger charge is 2.50. The van der Waals surface area contributed by atoms with Crippen molar-refractivity contribution in [2.75, 3.05) is 19.8 Å². The molecule has 1 aliphatic heterocycles. The molecule has 0 spiro atoms. The fourth-order valence-electron chi connectivity index (χ4n) is 5.20. The molecule has 1 amide bonds. The molecule has 0 saturated carbocycles. The summed E-state index contributed by atoms with van der Waals surface area (Å²) in [5, 5.41) is 9.00. The highest BCUT2D eigenvalue weighted by Crippen LogP contribution is 2.33. The second-order valence-electron chi connectivity index (χ2n) is 10.6. The smallest absolute Gasteiger partial charge is 0.266 e. The third-order valence-electron chi connectivity index (χ3n) is 7.63. The molecule has 7 nitrogen and oxygen atoms in total. The van der Waals surface area contributed by atoms with Crippen molar-refractivity contribution >= 4 is 27.7 Å². The summed E-state index contributed by atoms with van der Waals surface area (Å²) in [6.45, 7) is 2.90. The molecule has 0 unspecified atom stereocenters. The van der Waals surface area contributed by atoms with E-state index in [9.17, 15) is 4.79 Å². The van der Waals surface area contributed by atoms with Crippen LogP contribution >= 0.6 is 15.9 Å². The number of hydrazine groups is 1. The predicted molar refractivity (Wildman–Crippen MR) is 172 cm³/mol. The molecule has 0 fully saturated rings. The van der Waals surface area contributed by atoms with Crippen molar-refractivity contribution in [3.63, 3.8) is 0 Å². The van der Waals surface area contributed by atoms with Crippen LogP contribution in [0, 0.1) is 0 Å². The average molecular weight is 643 g/mol. The van der Waals surface area contributed by atoms with Crippen molar-refractivity contribution in [2.24, 2.45) is 4.99 Å². The van der Waals surface area contributed by atoms with Crippen molar-refractivity contribution in [1.29, 1.82) is 0 Å². The summed E-state index contributed by atoms with van der Waals surface area (Å²) in [5.74, 6) is 0.882. The van der Waals surface area contributed by atoms with Crippen molar-refractivity contribution in [3.8, 4) is 5.75 Å². The zero-order chi connectivity index (χ0) is 30.1.